The number of nitrogens with one attached hydrogen (secondary N) is 2. The van der Waals surface area contributed by atoms with E-state index in [1.165, 1.54) is 19.2 Å². The number of hydrogen-bond donors (Lipinski definition) is 2. The van der Waals surface area contributed by atoms with Gasteiger partial charge in [-0.1, -0.05) is 41.6 Å². The Hall–Kier alpha value is -2.33. The van der Waals surface area contributed by atoms with E-state index in [9.17, 15) is 13.2 Å². The molecule has 5 nitrogen and oxygen atoms in total. The molecule has 0 atom stereocenters. The van der Waals surface area contributed by atoms with Crippen molar-refractivity contribution in [2.45, 2.75) is 4.90 Å². The molecule has 0 saturated heterocycles. The molecule has 0 unspecified atom stereocenters. The van der Waals surface area contributed by atoms with Crippen LogP contribution in [0.1, 0.15) is 15.9 Å². The highest BCUT2D eigenvalue weighted by molar-refractivity contribution is 7.89. The van der Waals surface area contributed by atoms with Crippen LogP contribution < -0.4 is 10.0 Å². The van der Waals surface area contributed by atoms with Crippen LogP contribution in [0.4, 0.5) is 0 Å². The van der Waals surface area contributed by atoms with Crippen LogP contribution in [0.3, 0.4) is 0 Å². The van der Waals surface area contributed by atoms with Gasteiger partial charge in [0.1, 0.15) is 0 Å². The molecule has 0 bridgehead atoms. The molecule has 124 valence electrons. The number of halogens is 1. The van der Waals surface area contributed by atoms with Crippen LogP contribution in [0, 0.1) is 11.8 Å². The van der Waals surface area contributed by atoms with Crippen molar-refractivity contribution < 1.29 is 13.2 Å². The van der Waals surface area contributed by atoms with Gasteiger partial charge in [0, 0.05) is 17.6 Å². The van der Waals surface area contributed by atoms with Crippen LogP contribution in [0.15, 0.2) is 53.4 Å². The molecule has 0 radical (unpaired) electrons. The largest absolute Gasteiger partial charge is 0.355 e. The molecule has 2 N–H and O–H groups in total. The molecular weight excluding hydrogens is 348 g/mol. The van der Waals surface area contributed by atoms with Gasteiger partial charge in [-0.15, -0.1) is 0 Å². The van der Waals surface area contributed by atoms with Crippen LogP contribution in [0.25, 0.3) is 0 Å². The van der Waals surface area contributed by atoms with E-state index in [1.54, 1.807) is 36.4 Å². The van der Waals surface area contributed by atoms with Gasteiger partial charge in [0.25, 0.3) is 5.91 Å². The zero-order chi connectivity index (χ0) is 17.6. The summed E-state index contributed by atoms with van der Waals surface area (Å²) in [6, 6.07) is 12.8. The Morgan fingerprint density at radius 3 is 2.62 bits per heavy atom. The highest BCUT2D eigenvalue weighted by Crippen LogP contribution is 2.14. The van der Waals surface area contributed by atoms with Crippen LogP contribution in [-0.4, -0.2) is 27.9 Å². The number of sulfonamides is 1. The monoisotopic (exact) mass is 362 g/mol. The average molecular weight is 363 g/mol. The predicted molar refractivity (Wildman–Crippen MR) is 93.4 cm³/mol. The lowest BCUT2D eigenvalue weighted by Crippen LogP contribution is -2.24. The molecule has 2 aromatic carbocycles. The molecule has 2 rings (SSSR count). The van der Waals surface area contributed by atoms with Crippen molar-refractivity contribution in [3.63, 3.8) is 0 Å². The third-order valence-corrected chi connectivity index (χ3v) is 4.71. The molecule has 7 heteroatoms. The molecule has 0 fully saturated rings. The third kappa shape index (κ3) is 4.59. The Kier molecular flexibility index (Phi) is 5.99. The molecule has 0 aliphatic heterocycles. The van der Waals surface area contributed by atoms with Crippen LogP contribution in [0.5, 0.6) is 0 Å². The lowest BCUT2D eigenvalue weighted by Gasteiger charge is -2.04. The SMILES string of the molecule is CNC(=O)c1ccccc1C#CCNS(=O)(=O)c1cccc(Cl)c1. The van der Waals surface area contributed by atoms with Crippen LogP contribution in [0.2, 0.25) is 5.02 Å². The summed E-state index contributed by atoms with van der Waals surface area (Å²) in [6.07, 6.45) is 0. The van der Waals surface area contributed by atoms with E-state index in [0.29, 0.717) is 16.1 Å². The maximum atomic E-state index is 12.1. The Balaban J connectivity index is 2.11. The summed E-state index contributed by atoms with van der Waals surface area (Å²) in [5, 5.41) is 2.87. The van der Waals surface area contributed by atoms with Crippen molar-refractivity contribution in [3.8, 4) is 11.8 Å². The summed E-state index contributed by atoms with van der Waals surface area (Å²) in [5.74, 6) is 5.26. The number of carbonyl (C=O) groups is 1. The van der Waals surface area contributed by atoms with Gasteiger partial charge in [-0.25, -0.2) is 8.42 Å². The zero-order valence-electron chi connectivity index (χ0n) is 12.8. The zero-order valence-corrected chi connectivity index (χ0v) is 14.4. The van der Waals surface area contributed by atoms with E-state index < -0.39 is 10.0 Å². The smallest absolute Gasteiger partial charge is 0.252 e. The lowest BCUT2D eigenvalue weighted by atomic mass is 10.1. The minimum absolute atomic E-state index is 0.0718. The normalized spacial score (nSPS) is 10.6. The van der Waals surface area contributed by atoms with Crippen molar-refractivity contribution in [2.75, 3.05) is 13.6 Å². The number of rotatable bonds is 4. The van der Waals surface area contributed by atoms with E-state index in [1.807, 2.05) is 0 Å². The van der Waals surface area contributed by atoms with E-state index in [-0.39, 0.29) is 17.3 Å². The van der Waals surface area contributed by atoms with Gasteiger partial charge in [0.15, 0.2) is 0 Å². The standard InChI is InChI=1S/C17H15ClN2O3S/c1-19-17(21)16-10-3-2-6-13(16)7-5-11-20-24(22,23)15-9-4-8-14(18)12-15/h2-4,6,8-10,12,20H,11H2,1H3,(H,19,21). The molecule has 1 amide bonds. The van der Waals surface area contributed by atoms with Crippen molar-refractivity contribution in [1.82, 2.24) is 10.0 Å². The van der Waals surface area contributed by atoms with E-state index in [4.69, 9.17) is 11.6 Å². The quantitative estimate of drug-likeness (QED) is 0.817. The Morgan fingerprint density at radius 1 is 1.17 bits per heavy atom. The summed E-state index contributed by atoms with van der Waals surface area (Å²) >= 11 is 5.80. The maximum absolute atomic E-state index is 12.1. The van der Waals surface area contributed by atoms with Crippen molar-refractivity contribution in [1.29, 1.82) is 0 Å². The van der Waals surface area contributed by atoms with Gasteiger partial charge in [-0.05, 0) is 30.3 Å². The summed E-state index contributed by atoms with van der Waals surface area (Å²) in [6.45, 7) is -0.0864. The summed E-state index contributed by atoms with van der Waals surface area (Å²) in [7, 11) is -2.15. The number of hydrogen-bond acceptors (Lipinski definition) is 3. The van der Waals surface area contributed by atoms with E-state index >= 15 is 0 Å². The Bertz CT molecular complexity index is 915. The average Bonchev–Trinajstić information content (AvgIpc) is 2.58. The first-order chi connectivity index (χ1) is 11.4. The fraction of sp³-hybridized carbons (Fsp3) is 0.118. The fourth-order valence-corrected chi connectivity index (χ4v) is 3.14. The van der Waals surface area contributed by atoms with Gasteiger partial charge >= 0.3 is 0 Å². The van der Waals surface area contributed by atoms with Gasteiger partial charge in [-0.2, -0.15) is 4.72 Å². The fourth-order valence-electron chi connectivity index (χ4n) is 1.91. The molecule has 0 saturated carbocycles. The van der Waals surface area contributed by atoms with Gasteiger partial charge < -0.3 is 5.32 Å². The Labute approximate surface area is 146 Å². The van der Waals surface area contributed by atoms with Gasteiger partial charge in [0.2, 0.25) is 10.0 Å². The minimum Gasteiger partial charge on any atom is -0.355 e. The van der Waals surface area contributed by atoms with E-state index in [0.717, 1.165) is 0 Å². The predicted octanol–water partition coefficient (Wildman–Crippen LogP) is 2.03. The first-order valence-electron chi connectivity index (χ1n) is 6.99. The summed E-state index contributed by atoms with van der Waals surface area (Å²) in [5.41, 5.74) is 0.962. The molecule has 0 aromatic heterocycles. The highest BCUT2D eigenvalue weighted by Gasteiger charge is 2.12. The maximum Gasteiger partial charge on any atom is 0.252 e. The topological polar surface area (TPSA) is 75.3 Å². The molecule has 0 aliphatic carbocycles. The van der Waals surface area contributed by atoms with E-state index in [2.05, 4.69) is 21.9 Å². The Morgan fingerprint density at radius 2 is 1.92 bits per heavy atom. The second kappa shape index (κ2) is 7.97. The highest BCUT2D eigenvalue weighted by atomic mass is 35.5. The number of amides is 1. The van der Waals surface area contributed by atoms with Crippen molar-refractivity contribution in [2.24, 2.45) is 0 Å². The summed E-state index contributed by atoms with van der Waals surface area (Å²) in [4.78, 5) is 11.8. The first kappa shape index (κ1) is 18.0. The third-order valence-electron chi connectivity index (χ3n) is 3.08. The molecular formula is C17H15ClN2O3S. The van der Waals surface area contributed by atoms with Crippen molar-refractivity contribution in [3.05, 3.63) is 64.7 Å². The first-order valence-corrected chi connectivity index (χ1v) is 8.85. The van der Waals surface area contributed by atoms with Crippen LogP contribution in [-0.2, 0) is 10.0 Å². The van der Waals surface area contributed by atoms with Gasteiger partial charge in [0.05, 0.1) is 17.0 Å². The second-order valence-electron chi connectivity index (χ2n) is 4.71. The molecule has 2 aromatic rings. The minimum atomic E-state index is -3.68. The van der Waals surface area contributed by atoms with Crippen LogP contribution >= 0.6 is 11.6 Å². The second-order valence-corrected chi connectivity index (χ2v) is 6.91. The lowest BCUT2D eigenvalue weighted by molar-refractivity contribution is 0.0963. The van der Waals surface area contributed by atoms with Crippen molar-refractivity contribution >= 4 is 27.5 Å². The van der Waals surface area contributed by atoms with Gasteiger partial charge in [-0.3, -0.25) is 4.79 Å². The molecule has 24 heavy (non-hydrogen) atoms. The molecule has 0 heterocycles. The number of benzene rings is 2. The molecule has 0 spiro atoms. The number of carbonyl (C=O) groups excluding carboxylic acids is 1. The summed E-state index contributed by atoms with van der Waals surface area (Å²) < 4.78 is 26.6. The molecule has 0 aliphatic rings.